The number of aryl methyl sites for hydroxylation is 1. The van der Waals surface area contributed by atoms with Crippen LogP contribution in [0.2, 0.25) is 0 Å². The molecule has 0 bridgehead atoms. The molecule has 0 saturated heterocycles. The van der Waals surface area contributed by atoms with Crippen molar-refractivity contribution < 1.29 is 14.5 Å². The number of benzene rings is 3. The van der Waals surface area contributed by atoms with Gasteiger partial charge in [-0.2, -0.15) is 0 Å². The molecule has 0 spiro atoms. The number of hydrogen-bond acceptors (Lipinski definition) is 5. The molecular weight excluding hydrogens is 402 g/mol. The highest BCUT2D eigenvalue weighted by molar-refractivity contribution is 6.45. The molecule has 0 saturated carbocycles. The van der Waals surface area contributed by atoms with Gasteiger partial charge in [0.2, 0.25) is 0 Å². The van der Waals surface area contributed by atoms with Crippen LogP contribution in [0.25, 0.3) is 11.1 Å². The second kappa shape index (κ2) is 10.9. The summed E-state index contributed by atoms with van der Waals surface area (Å²) in [6.07, 6.45) is 0. The summed E-state index contributed by atoms with van der Waals surface area (Å²) in [5.41, 5.74) is 6.62. The minimum absolute atomic E-state index is 0.188. The zero-order valence-electron chi connectivity index (χ0n) is 18.8. The second-order valence-electron chi connectivity index (χ2n) is 7.20. The zero-order valence-corrected chi connectivity index (χ0v) is 18.8. The predicted octanol–water partition coefficient (Wildman–Crippen LogP) is 4.70. The molecule has 0 aliphatic rings. The molecule has 6 heteroatoms. The summed E-state index contributed by atoms with van der Waals surface area (Å²) in [5.74, 6) is -0.337. The third-order valence-electron chi connectivity index (χ3n) is 5.09. The average molecular weight is 430 g/mol. The fraction of sp³-hybridized carbons (Fsp3) is 0.192. The molecule has 1 N–H and O–H groups in total. The number of rotatable bonds is 8. The van der Waals surface area contributed by atoms with Gasteiger partial charge in [-0.15, -0.1) is 0 Å². The Bertz CT molecular complexity index is 1140. The summed E-state index contributed by atoms with van der Waals surface area (Å²) in [4.78, 5) is 22.9. The maximum absolute atomic E-state index is 12.3. The molecule has 164 valence electrons. The van der Waals surface area contributed by atoms with E-state index in [1.165, 1.54) is 7.11 Å². The third-order valence-corrected chi connectivity index (χ3v) is 5.09. The lowest BCUT2D eigenvalue weighted by molar-refractivity contribution is -0.114. The average Bonchev–Trinajstić information content (AvgIpc) is 2.83. The molecule has 3 rings (SSSR count). The van der Waals surface area contributed by atoms with Gasteiger partial charge in [-0.25, -0.2) is 0 Å². The van der Waals surface area contributed by atoms with Gasteiger partial charge in [0.1, 0.15) is 13.7 Å². The Labute approximate surface area is 188 Å². The number of carbonyl (C=O) groups is 1. The lowest BCUT2D eigenvalue weighted by Gasteiger charge is -2.13. The minimum atomic E-state index is -0.337. The number of likely N-dealkylation sites (N-methyl/N-ethyl adjacent to an activating group) is 1. The highest BCUT2D eigenvalue weighted by Gasteiger charge is 2.19. The fourth-order valence-corrected chi connectivity index (χ4v) is 3.34. The number of amides is 1. The van der Waals surface area contributed by atoms with Gasteiger partial charge in [-0.3, -0.25) is 4.79 Å². The van der Waals surface area contributed by atoms with E-state index in [0.717, 1.165) is 33.5 Å². The van der Waals surface area contributed by atoms with E-state index in [9.17, 15) is 4.79 Å². The third kappa shape index (κ3) is 5.40. The Balaban J connectivity index is 1.82. The van der Waals surface area contributed by atoms with Crippen LogP contribution in [0.15, 0.2) is 83.1 Å². The van der Waals surface area contributed by atoms with E-state index < -0.39 is 0 Å². The van der Waals surface area contributed by atoms with Crippen LogP contribution in [0.4, 0.5) is 0 Å². The Hall–Kier alpha value is -3.93. The lowest BCUT2D eigenvalue weighted by Crippen LogP contribution is -2.29. The zero-order chi connectivity index (χ0) is 22.9. The van der Waals surface area contributed by atoms with Crippen molar-refractivity contribution in [3.8, 4) is 11.1 Å². The monoisotopic (exact) mass is 429 g/mol. The van der Waals surface area contributed by atoms with Crippen LogP contribution < -0.4 is 5.32 Å². The highest BCUT2D eigenvalue weighted by atomic mass is 16.6. The van der Waals surface area contributed by atoms with Gasteiger partial charge >= 0.3 is 0 Å². The first kappa shape index (κ1) is 22.7. The van der Waals surface area contributed by atoms with Crippen LogP contribution >= 0.6 is 0 Å². The summed E-state index contributed by atoms with van der Waals surface area (Å²) in [6, 6.07) is 24.0. The molecular formula is C26H27N3O3. The van der Waals surface area contributed by atoms with Crippen LogP contribution in [-0.2, 0) is 21.1 Å². The Morgan fingerprint density at radius 1 is 0.938 bits per heavy atom. The number of hydrogen-bond donors (Lipinski definition) is 1. The van der Waals surface area contributed by atoms with E-state index in [4.69, 9.17) is 9.68 Å². The van der Waals surface area contributed by atoms with Gasteiger partial charge in [-0.1, -0.05) is 77.0 Å². The molecule has 0 atom stereocenters. The normalized spacial score (nSPS) is 11.8. The molecule has 1 amide bonds. The van der Waals surface area contributed by atoms with Gasteiger partial charge in [0, 0.05) is 18.2 Å². The smallest absolute Gasteiger partial charge is 0.273 e. The molecule has 0 fully saturated rings. The number of nitrogens with one attached hydrogen (secondary N) is 1. The van der Waals surface area contributed by atoms with Crippen LogP contribution in [-0.4, -0.2) is 31.5 Å². The summed E-state index contributed by atoms with van der Waals surface area (Å²) in [6.45, 7) is 4.05. The van der Waals surface area contributed by atoms with Crippen molar-refractivity contribution in [1.29, 1.82) is 0 Å². The highest BCUT2D eigenvalue weighted by Crippen LogP contribution is 2.21. The van der Waals surface area contributed by atoms with Crippen molar-refractivity contribution in [2.24, 2.45) is 10.3 Å². The van der Waals surface area contributed by atoms with Crippen LogP contribution in [0, 0.1) is 6.92 Å². The number of oxime groups is 2. The van der Waals surface area contributed by atoms with Crippen molar-refractivity contribution in [2.75, 3.05) is 14.2 Å². The van der Waals surface area contributed by atoms with Gasteiger partial charge < -0.3 is 15.0 Å². The van der Waals surface area contributed by atoms with Gasteiger partial charge in [0.05, 0.1) is 5.71 Å². The van der Waals surface area contributed by atoms with E-state index in [-0.39, 0.29) is 18.2 Å². The number of nitrogens with zero attached hydrogens (tertiary/aromatic N) is 2. The standard InChI is InChI=1S/C26H27N3O3/c1-18-10-8-15-23(25(29-31-4)26(30)27-3)24(18)17-32-28-19(2)21-13-9-14-22(16-21)20-11-6-5-7-12-20/h5-16H,17H2,1-4H3,(H,27,30)/b28-19+,29-25+. The molecule has 0 aromatic heterocycles. The first-order valence-electron chi connectivity index (χ1n) is 10.3. The van der Waals surface area contributed by atoms with Gasteiger partial charge in [0.15, 0.2) is 5.71 Å². The Kier molecular flexibility index (Phi) is 7.75. The molecule has 32 heavy (non-hydrogen) atoms. The fourth-order valence-electron chi connectivity index (χ4n) is 3.34. The maximum Gasteiger partial charge on any atom is 0.273 e. The minimum Gasteiger partial charge on any atom is -0.398 e. The van der Waals surface area contributed by atoms with E-state index >= 15 is 0 Å². The second-order valence-corrected chi connectivity index (χ2v) is 7.20. The summed E-state index contributed by atoms with van der Waals surface area (Å²) < 4.78 is 0. The van der Waals surface area contributed by atoms with Crippen molar-refractivity contribution in [2.45, 2.75) is 20.5 Å². The predicted molar refractivity (Wildman–Crippen MR) is 128 cm³/mol. The first-order valence-corrected chi connectivity index (χ1v) is 10.3. The van der Waals surface area contributed by atoms with Gasteiger partial charge in [-0.05, 0) is 42.2 Å². The van der Waals surface area contributed by atoms with Gasteiger partial charge in [0.25, 0.3) is 5.91 Å². The van der Waals surface area contributed by atoms with E-state index in [2.05, 4.69) is 39.9 Å². The lowest BCUT2D eigenvalue weighted by atomic mass is 9.98. The topological polar surface area (TPSA) is 72.3 Å². The SMILES string of the molecule is CNC(=O)/C(=N/OC)c1cccc(C)c1CO/N=C(\C)c1cccc(-c2ccccc2)c1. The number of carbonyl (C=O) groups excluding carboxylic acids is 1. The molecule has 3 aromatic rings. The van der Waals surface area contributed by atoms with Crippen LogP contribution in [0.1, 0.15) is 29.2 Å². The van der Waals surface area contributed by atoms with Crippen molar-refractivity contribution in [1.82, 2.24) is 5.32 Å². The van der Waals surface area contributed by atoms with Crippen molar-refractivity contribution in [3.63, 3.8) is 0 Å². The molecule has 0 heterocycles. The summed E-state index contributed by atoms with van der Waals surface area (Å²) in [5, 5.41) is 10.8. The summed E-state index contributed by atoms with van der Waals surface area (Å²) in [7, 11) is 2.96. The quantitative estimate of drug-likeness (QED) is 0.417. The largest absolute Gasteiger partial charge is 0.398 e. The summed E-state index contributed by atoms with van der Waals surface area (Å²) >= 11 is 0. The van der Waals surface area contributed by atoms with Crippen LogP contribution in [0.3, 0.4) is 0 Å². The van der Waals surface area contributed by atoms with Crippen molar-refractivity contribution in [3.05, 3.63) is 95.1 Å². The molecule has 0 aliphatic heterocycles. The van der Waals surface area contributed by atoms with E-state index in [1.807, 2.05) is 62.4 Å². The Morgan fingerprint density at radius 2 is 1.66 bits per heavy atom. The molecule has 0 aliphatic carbocycles. The molecule has 0 radical (unpaired) electrons. The van der Waals surface area contributed by atoms with E-state index in [1.54, 1.807) is 7.05 Å². The van der Waals surface area contributed by atoms with Crippen LogP contribution in [0.5, 0.6) is 0 Å². The van der Waals surface area contributed by atoms with Crippen molar-refractivity contribution >= 4 is 17.3 Å². The Morgan fingerprint density at radius 3 is 2.38 bits per heavy atom. The maximum atomic E-state index is 12.3. The van der Waals surface area contributed by atoms with E-state index in [0.29, 0.717) is 5.56 Å². The molecule has 0 unspecified atom stereocenters. The molecule has 3 aromatic carbocycles. The first-order chi connectivity index (χ1) is 15.5. The molecule has 6 nitrogen and oxygen atoms in total.